The number of fused-ring (bicyclic) bond motifs is 2. The van der Waals surface area contributed by atoms with Crippen LogP contribution in [0.5, 0.6) is 0 Å². The summed E-state index contributed by atoms with van der Waals surface area (Å²) in [4.78, 5) is 10.6. The summed E-state index contributed by atoms with van der Waals surface area (Å²) in [6.45, 7) is 1.31. The van der Waals surface area contributed by atoms with Crippen LogP contribution in [0.15, 0.2) is 11.9 Å². The fourth-order valence-corrected chi connectivity index (χ4v) is 2.45. The summed E-state index contributed by atoms with van der Waals surface area (Å²) in [6.07, 6.45) is 1.41. The minimum atomic E-state index is -2.52. The fraction of sp³-hybridized carbons (Fsp3) is 0.667. The Bertz CT molecular complexity index is 311. The van der Waals surface area contributed by atoms with E-state index in [2.05, 4.69) is 0 Å². The molecule has 2 bridgehead atoms. The summed E-state index contributed by atoms with van der Waals surface area (Å²) < 4.78 is 27.0. The zero-order valence-electron chi connectivity index (χ0n) is 7.14. The minimum absolute atomic E-state index is 0.154. The van der Waals surface area contributed by atoms with Crippen LogP contribution in [0.25, 0.3) is 0 Å². The highest BCUT2D eigenvalue weighted by Gasteiger charge is 2.63. The first kappa shape index (κ1) is 8.66. The first-order valence-electron chi connectivity index (χ1n) is 4.18. The predicted octanol–water partition coefficient (Wildman–Crippen LogP) is 0.728. The van der Waals surface area contributed by atoms with Gasteiger partial charge in [-0.15, -0.1) is 0 Å². The molecule has 0 aromatic heterocycles. The molecule has 0 saturated heterocycles. The van der Waals surface area contributed by atoms with E-state index in [0.717, 1.165) is 0 Å². The first-order valence-corrected chi connectivity index (χ1v) is 4.18. The Balaban J connectivity index is 2.48. The number of carbonyl (C=O) groups excluding carboxylic acids is 1. The van der Waals surface area contributed by atoms with Crippen LogP contribution >= 0.6 is 0 Å². The van der Waals surface area contributed by atoms with Crippen LogP contribution in [0.2, 0.25) is 0 Å². The number of carboxylic acids is 1. The standard InChI is InChI=1S/C9H10F2O2/c1-8-3-5(2-6(8)10)4-9(8,11)7(12)13/h2,5H,3-4H2,1H3,(H,12,13)/p-1. The van der Waals surface area contributed by atoms with E-state index in [0.29, 0.717) is 0 Å². The molecule has 0 spiro atoms. The molecule has 13 heavy (non-hydrogen) atoms. The molecule has 1 saturated carbocycles. The van der Waals surface area contributed by atoms with Gasteiger partial charge < -0.3 is 9.90 Å². The van der Waals surface area contributed by atoms with E-state index in [1.54, 1.807) is 0 Å². The molecule has 1 fully saturated rings. The Kier molecular flexibility index (Phi) is 1.40. The highest BCUT2D eigenvalue weighted by Crippen LogP contribution is 2.61. The molecule has 0 N–H and O–H groups in total. The average molecular weight is 187 g/mol. The molecule has 4 heteroatoms. The highest BCUT2D eigenvalue weighted by molar-refractivity contribution is 5.78. The summed E-state index contributed by atoms with van der Waals surface area (Å²) in [5, 5.41) is 10.6. The van der Waals surface area contributed by atoms with Gasteiger partial charge in [0, 0.05) is 0 Å². The van der Waals surface area contributed by atoms with E-state index in [1.807, 2.05) is 0 Å². The molecular weight excluding hydrogens is 178 g/mol. The summed E-state index contributed by atoms with van der Waals surface area (Å²) in [6, 6.07) is 0. The maximum absolute atomic E-state index is 13.8. The van der Waals surface area contributed by atoms with Gasteiger partial charge in [0.25, 0.3) is 0 Å². The molecule has 2 aliphatic rings. The van der Waals surface area contributed by atoms with Gasteiger partial charge in [0.1, 0.15) is 5.83 Å². The van der Waals surface area contributed by atoms with E-state index in [4.69, 9.17) is 0 Å². The Morgan fingerprint density at radius 2 is 2.31 bits per heavy atom. The molecule has 0 amide bonds. The van der Waals surface area contributed by atoms with Crippen molar-refractivity contribution in [3.05, 3.63) is 11.9 Å². The number of rotatable bonds is 1. The van der Waals surface area contributed by atoms with Gasteiger partial charge >= 0.3 is 0 Å². The summed E-state index contributed by atoms with van der Waals surface area (Å²) in [5.74, 6) is -2.72. The van der Waals surface area contributed by atoms with Crippen molar-refractivity contribution in [1.82, 2.24) is 0 Å². The average Bonchev–Trinajstić information content (AvgIpc) is 2.39. The third-order valence-corrected chi connectivity index (χ3v) is 3.32. The molecule has 0 radical (unpaired) electrons. The second-order valence-corrected chi connectivity index (χ2v) is 4.10. The van der Waals surface area contributed by atoms with Crippen molar-refractivity contribution in [3.63, 3.8) is 0 Å². The Hall–Kier alpha value is -0.930. The van der Waals surface area contributed by atoms with Gasteiger partial charge in [0.05, 0.1) is 11.4 Å². The quantitative estimate of drug-likeness (QED) is 0.607. The van der Waals surface area contributed by atoms with Crippen LogP contribution in [0.1, 0.15) is 19.8 Å². The zero-order chi connectivity index (χ0) is 9.85. The van der Waals surface area contributed by atoms with Crippen molar-refractivity contribution in [2.24, 2.45) is 11.3 Å². The SMILES string of the molecule is CC12CC(C=C1F)CC2(F)C(=O)[O-]. The van der Waals surface area contributed by atoms with Gasteiger partial charge in [-0.25, -0.2) is 8.78 Å². The van der Waals surface area contributed by atoms with Gasteiger partial charge in [-0.05, 0) is 31.8 Å². The number of aliphatic carboxylic acids is 1. The number of carboxylic acid groups (broad SMARTS) is 1. The summed E-state index contributed by atoms with van der Waals surface area (Å²) in [5.41, 5.74) is -4.01. The minimum Gasteiger partial charge on any atom is -0.547 e. The van der Waals surface area contributed by atoms with Gasteiger partial charge in [-0.2, -0.15) is 0 Å². The molecule has 72 valence electrons. The Morgan fingerprint density at radius 1 is 1.69 bits per heavy atom. The number of allylic oxidation sites excluding steroid dienone is 2. The molecule has 3 unspecified atom stereocenters. The largest absolute Gasteiger partial charge is 0.547 e. The molecule has 2 nitrogen and oxygen atoms in total. The molecule has 0 aromatic rings. The number of hydrogen-bond acceptors (Lipinski definition) is 2. The van der Waals surface area contributed by atoms with Crippen LogP contribution in [-0.4, -0.2) is 11.6 Å². The Morgan fingerprint density at radius 3 is 2.62 bits per heavy atom. The third kappa shape index (κ3) is 0.785. The number of halogens is 2. The van der Waals surface area contributed by atoms with Gasteiger partial charge in [0.2, 0.25) is 0 Å². The van der Waals surface area contributed by atoms with Gasteiger partial charge in [-0.1, -0.05) is 0 Å². The van der Waals surface area contributed by atoms with Crippen molar-refractivity contribution in [3.8, 4) is 0 Å². The highest BCUT2D eigenvalue weighted by atomic mass is 19.2. The van der Waals surface area contributed by atoms with Gasteiger partial charge in [0.15, 0.2) is 5.67 Å². The maximum Gasteiger partial charge on any atom is 0.162 e. The monoisotopic (exact) mass is 187 g/mol. The molecular formula is C9H9F2O2-. The maximum atomic E-state index is 13.8. The summed E-state index contributed by atoms with van der Waals surface area (Å²) >= 11 is 0. The van der Waals surface area contributed by atoms with E-state index >= 15 is 0 Å². The van der Waals surface area contributed by atoms with Crippen molar-refractivity contribution in [2.75, 3.05) is 0 Å². The van der Waals surface area contributed by atoms with Crippen molar-refractivity contribution in [1.29, 1.82) is 0 Å². The van der Waals surface area contributed by atoms with Crippen molar-refractivity contribution in [2.45, 2.75) is 25.4 Å². The lowest BCUT2D eigenvalue weighted by Gasteiger charge is -2.37. The second kappa shape index (κ2) is 2.11. The van der Waals surface area contributed by atoms with Crippen molar-refractivity contribution < 1.29 is 18.7 Å². The molecule has 3 atom stereocenters. The third-order valence-electron chi connectivity index (χ3n) is 3.32. The van der Waals surface area contributed by atoms with Gasteiger partial charge in [-0.3, -0.25) is 0 Å². The lowest BCUT2D eigenvalue weighted by atomic mass is 9.76. The first-order chi connectivity index (χ1) is 5.90. The van der Waals surface area contributed by atoms with Crippen LogP contribution in [0.3, 0.4) is 0 Å². The second-order valence-electron chi connectivity index (χ2n) is 4.10. The predicted molar refractivity (Wildman–Crippen MR) is 38.9 cm³/mol. The van der Waals surface area contributed by atoms with Crippen LogP contribution < -0.4 is 5.11 Å². The molecule has 2 aliphatic carbocycles. The lowest BCUT2D eigenvalue weighted by molar-refractivity contribution is -0.324. The fourth-order valence-electron chi connectivity index (χ4n) is 2.45. The normalized spacial score (nSPS) is 47.9. The number of hydrogen-bond donors (Lipinski definition) is 0. The van der Waals surface area contributed by atoms with Crippen LogP contribution in [0.4, 0.5) is 8.78 Å². The zero-order valence-corrected chi connectivity index (χ0v) is 7.14. The number of alkyl halides is 1. The van der Waals surface area contributed by atoms with E-state index in [9.17, 15) is 18.7 Å². The van der Waals surface area contributed by atoms with E-state index in [-0.39, 0.29) is 18.8 Å². The van der Waals surface area contributed by atoms with Crippen LogP contribution in [-0.2, 0) is 4.79 Å². The van der Waals surface area contributed by atoms with Crippen molar-refractivity contribution >= 4 is 5.97 Å². The summed E-state index contributed by atoms with van der Waals surface area (Å²) in [7, 11) is 0. The van der Waals surface area contributed by atoms with E-state index in [1.165, 1.54) is 13.0 Å². The smallest absolute Gasteiger partial charge is 0.162 e. The van der Waals surface area contributed by atoms with Crippen LogP contribution in [0, 0.1) is 11.3 Å². The van der Waals surface area contributed by atoms with E-state index < -0.39 is 22.9 Å². The molecule has 0 heterocycles. The molecule has 0 aliphatic heterocycles. The lowest BCUT2D eigenvalue weighted by Crippen LogP contribution is -2.53. The molecule has 2 rings (SSSR count). The molecule has 0 aromatic carbocycles. The number of carbonyl (C=O) groups is 1. The Labute approximate surface area is 74.2 Å². The topological polar surface area (TPSA) is 40.1 Å².